The molecule has 3 heteroatoms. The van der Waals surface area contributed by atoms with Gasteiger partial charge in [-0.3, -0.25) is 4.79 Å². The normalized spacial score (nSPS) is 21.1. The summed E-state index contributed by atoms with van der Waals surface area (Å²) in [5.41, 5.74) is 9.50. The summed E-state index contributed by atoms with van der Waals surface area (Å²) in [6.07, 6.45) is 1.01. The van der Waals surface area contributed by atoms with Crippen molar-refractivity contribution in [2.24, 2.45) is 0 Å². The molecular weight excluding hydrogens is 272 g/mol. The molecule has 1 heterocycles. The Morgan fingerprint density at radius 3 is 2.64 bits per heavy atom. The van der Waals surface area contributed by atoms with E-state index in [0.717, 1.165) is 24.1 Å². The van der Waals surface area contributed by atoms with E-state index in [-0.39, 0.29) is 11.9 Å². The number of nitrogens with zero attached hydrogens (tertiary/aromatic N) is 1. The van der Waals surface area contributed by atoms with Crippen LogP contribution in [-0.2, 0) is 0 Å². The molecular formula is C19H22N2O. The van der Waals surface area contributed by atoms with E-state index in [1.54, 1.807) is 6.07 Å². The monoisotopic (exact) mass is 294 g/mol. The second-order valence-electron chi connectivity index (χ2n) is 6.22. The summed E-state index contributed by atoms with van der Waals surface area (Å²) >= 11 is 0. The molecule has 1 amide bonds. The first-order valence-electron chi connectivity index (χ1n) is 7.78. The summed E-state index contributed by atoms with van der Waals surface area (Å²) in [4.78, 5) is 14.9. The van der Waals surface area contributed by atoms with Crippen molar-refractivity contribution in [1.29, 1.82) is 0 Å². The smallest absolute Gasteiger partial charge is 0.254 e. The number of hydrogen-bond donors (Lipinski definition) is 1. The fourth-order valence-corrected chi connectivity index (χ4v) is 3.31. The molecule has 1 aliphatic rings. The Morgan fingerprint density at radius 1 is 1.18 bits per heavy atom. The van der Waals surface area contributed by atoms with E-state index in [0.29, 0.717) is 11.6 Å². The Labute approximate surface area is 131 Å². The van der Waals surface area contributed by atoms with Crippen molar-refractivity contribution in [3.05, 3.63) is 65.2 Å². The molecule has 0 saturated carbocycles. The second kappa shape index (κ2) is 5.84. The molecule has 1 aliphatic heterocycles. The van der Waals surface area contributed by atoms with Gasteiger partial charge in [0, 0.05) is 29.8 Å². The van der Waals surface area contributed by atoms with E-state index in [1.807, 2.05) is 30.0 Å². The van der Waals surface area contributed by atoms with Crippen LogP contribution < -0.4 is 5.73 Å². The van der Waals surface area contributed by atoms with E-state index in [2.05, 4.69) is 31.2 Å². The molecule has 2 aromatic carbocycles. The van der Waals surface area contributed by atoms with Gasteiger partial charge in [0.2, 0.25) is 0 Å². The van der Waals surface area contributed by atoms with Crippen LogP contribution >= 0.6 is 0 Å². The Bertz CT molecular complexity index is 681. The van der Waals surface area contributed by atoms with Crippen molar-refractivity contribution in [3.8, 4) is 0 Å². The van der Waals surface area contributed by atoms with Crippen LogP contribution in [0.1, 0.15) is 40.7 Å². The standard InChI is InChI=1S/C19H22N2O/c1-13-8-9-17(20)11-18(13)19(22)21-12-16(10-14(21)2)15-6-4-3-5-7-15/h3-9,11,14,16H,10,12,20H2,1-2H3. The number of amides is 1. The maximum absolute atomic E-state index is 12.9. The Balaban J connectivity index is 1.83. The molecule has 2 N–H and O–H groups in total. The predicted octanol–water partition coefficient (Wildman–Crippen LogP) is 3.60. The van der Waals surface area contributed by atoms with Crippen LogP contribution in [0, 0.1) is 6.92 Å². The van der Waals surface area contributed by atoms with Crippen molar-refractivity contribution >= 4 is 11.6 Å². The summed E-state index contributed by atoms with van der Waals surface area (Å²) in [5.74, 6) is 0.511. The van der Waals surface area contributed by atoms with Crippen LogP contribution in [0.3, 0.4) is 0 Å². The van der Waals surface area contributed by atoms with E-state index < -0.39 is 0 Å². The number of nitrogens with two attached hydrogens (primary N) is 1. The van der Waals surface area contributed by atoms with Crippen molar-refractivity contribution in [1.82, 2.24) is 4.90 Å². The predicted molar refractivity (Wildman–Crippen MR) is 89.9 cm³/mol. The molecule has 2 aromatic rings. The minimum atomic E-state index is 0.0933. The zero-order chi connectivity index (χ0) is 15.7. The third kappa shape index (κ3) is 2.71. The van der Waals surface area contributed by atoms with Gasteiger partial charge in [0.05, 0.1) is 0 Å². The fourth-order valence-electron chi connectivity index (χ4n) is 3.31. The number of nitrogen functional groups attached to an aromatic ring is 1. The first kappa shape index (κ1) is 14.6. The molecule has 3 rings (SSSR count). The van der Waals surface area contributed by atoms with Crippen molar-refractivity contribution in [2.45, 2.75) is 32.2 Å². The van der Waals surface area contributed by atoms with Gasteiger partial charge >= 0.3 is 0 Å². The second-order valence-corrected chi connectivity index (χ2v) is 6.22. The fraction of sp³-hybridized carbons (Fsp3) is 0.316. The number of benzene rings is 2. The molecule has 0 spiro atoms. The van der Waals surface area contributed by atoms with Gasteiger partial charge in [-0.1, -0.05) is 36.4 Å². The zero-order valence-corrected chi connectivity index (χ0v) is 13.1. The van der Waals surface area contributed by atoms with Crippen LogP contribution in [0.15, 0.2) is 48.5 Å². The molecule has 114 valence electrons. The van der Waals surface area contributed by atoms with E-state index in [4.69, 9.17) is 5.73 Å². The highest BCUT2D eigenvalue weighted by molar-refractivity contribution is 5.97. The summed E-state index contributed by atoms with van der Waals surface area (Å²) in [5, 5.41) is 0. The van der Waals surface area contributed by atoms with E-state index >= 15 is 0 Å². The number of hydrogen-bond acceptors (Lipinski definition) is 2. The SMILES string of the molecule is Cc1ccc(N)cc1C(=O)N1CC(c2ccccc2)CC1C. The Morgan fingerprint density at radius 2 is 1.91 bits per heavy atom. The average molecular weight is 294 g/mol. The number of likely N-dealkylation sites (tertiary alicyclic amines) is 1. The molecule has 0 bridgehead atoms. The molecule has 3 nitrogen and oxygen atoms in total. The lowest BCUT2D eigenvalue weighted by Gasteiger charge is -2.22. The van der Waals surface area contributed by atoms with Crippen molar-refractivity contribution in [2.75, 3.05) is 12.3 Å². The number of carbonyl (C=O) groups is 1. The van der Waals surface area contributed by atoms with Crippen LogP contribution in [0.4, 0.5) is 5.69 Å². The highest BCUT2D eigenvalue weighted by atomic mass is 16.2. The van der Waals surface area contributed by atoms with E-state index in [9.17, 15) is 4.79 Å². The topological polar surface area (TPSA) is 46.3 Å². The van der Waals surface area contributed by atoms with Gasteiger partial charge in [-0.05, 0) is 43.5 Å². The highest BCUT2D eigenvalue weighted by Crippen LogP contribution is 2.33. The van der Waals surface area contributed by atoms with Gasteiger partial charge in [-0.25, -0.2) is 0 Å². The summed E-state index contributed by atoms with van der Waals surface area (Å²) in [6, 6.07) is 16.2. The quantitative estimate of drug-likeness (QED) is 0.860. The minimum absolute atomic E-state index is 0.0933. The highest BCUT2D eigenvalue weighted by Gasteiger charge is 2.34. The maximum atomic E-state index is 12.9. The van der Waals surface area contributed by atoms with Crippen LogP contribution in [0.5, 0.6) is 0 Å². The van der Waals surface area contributed by atoms with Gasteiger partial charge in [0.15, 0.2) is 0 Å². The van der Waals surface area contributed by atoms with Gasteiger partial charge in [0.25, 0.3) is 5.91 Å². The first-order chi connectivity index (χ1) is 10.6. The Hall–Kier alpha value is -2.29. The summed E-state index contributed by atoms with van der Waals surface area (Å²) in [6.45, 7) is 4.86. The summed E-state index contributed by atoms with van der Waals surface area (Å²) in [7, 11) is 0. The van der Waals surface area contributed by atoms with Gasteiger partial charge in [0.1, 0.15) is 0 Å². The lowest BCUT2D eigenvalue weighted by molar-refractivity contribution is 0.0745. The van der Waals surface area contributed by atoms with Gasteiger partial charge in [-0.15, -0.1) is 0 Å². The summed E-state index contributed by atoms with van der Waals surface area (Å²) < 4.78 is 0. The molecule has 1 fully saturated rings. The molecule has 0 radical (unpaired) electrons. The molecule has 0 aliphatic carbocycles. The molecule has 2 unspecified atom stereocenters. The van der Waals surface area contributed by atoms with Gasteiger partial charge < -0.3 is 10.6 Å². The average Bonchev–Trinajstić information content (AvgIpc) is 2.92. The molecule has 0 aromatic heterocycles. The van der Waals surface area contributed by atoms with Gasteiger partial charge in [-0.2, -0.15) is 0 Å². The third-order valence-electron chi connectivity index (χ3n) is 4.60. The van der Waals surface area contributed by atoms with Crippen LogP contribution in [0.2, 0.25) is 0 Å². The van der Waals surface area contributed by atoms with Crippen molar-refractivity contribution in [3.63, 3.8) is 0 Å². The third-order valence-corrected chi connectivity index (χ3v) is 4.60. The maximum Gasteiger partial charge on any atom is 0.254 e. The number of carbonyl (C=O) groups excluding carboxylic acids is 1. The van der Waals surface area contributed by atoms with Crippen molar-refractivity contribution < 1.29 is 4.79 Å². The molecule has 2 atom stereocenters. The zero-order valence-electron chi connectivity index (χ0n) is 13.1. The van der Waals surface area contributed by atoms with Crippen LogP contribution in [-0.4, -0.2) is 23.4 Å². The minimum Gasteiger partial charge on any atom is -0.399 e. The molecule has 22 heavy (non-hydrogen) atoms. The van der Waals surface area contributed by atoms with Crippen LogP contribution in [0.25, 0.3) is 0 Å². The lowest BCUT2D eigenvalue weighted by atomic mass is 9.97. The lowest BCUT2D eigenvalue weighted by Crippen LogP contribution is -2.34. The molecule has 1 saturated heterocycles. The number of aryl methyl sites for hydroxylation is 1. The first-order valence-corrected chi connectivity index (χ1v) is 7.78. The number of anilines is 1. The number of rotatable bonds is 2. The van der Waals surface area contributed by atoms with E-state index in [1.165, 1.54) is 5.56 Å². The Kier molecular flexibility index (Phi) is 3.88. The largest absolute Gasteiger partial charge is 0.399 e.